The van der Waals surface area contributed by atoms with E-state index in [9.17, 15) is 4.79 Å². The number of nitrogens with zero attached hydrogens (tertiary/aromatic N) is 1. The van der Waals surface area contributed by atoms with Crippen molar-refractivity contribution in [3.63, 3.8) is 0 Å². The second-order valence-electron chi connectivity index (χ2n) is 3.50. The molecule has 0 N–H and O–H groups in total. The largest absolute Gasteiger partial charge is 0.295 e. The molecule has 2 aromatic rings. The number of carbonyl (C=O) groups is 1. The van der Waals surface area contributed by atoms with Gasteiger partial charge in [-0.25, -0.2) is 4.98 Å². The van der Waals surface area contributed by atoms with Gasteiger partial charge in [-0.1, -0.05) is 30.3 Å². The molecule has 0 aliphatic carbocycles. The standard InChI is InChI=1S/C13H10BrNO/c1-9(16)10-2-4-11(5-3-10)12-6-7-13(14)15-8-12/h2-8H,1H3. The van der Waals surface area contributed by atoms with Crippen molar-refractivity contribution < 1.29 is 4.79 Å². The summed E-state index contributed by atoms with van der Waals surface area (Å²) in [6.45, 7) is 1.57. The summed E-state index contributed by atoms with van der Waals surface area (Å²) in [6.07, 6.45) is 1.80. The van der Waals surface area contributed by atoms with E-state index in [2.05, 4.69) is 20.9 Å². The maximum atomic E-state index is 11.1. The number of hydrogen-bond donors (Lipinski definition) is 0. The van der Waals surface area contributed by atoms with Crippen molar-refractivity contribution in [3.8, 4) is 11.1 Å². The van der Waals surface area contributed by atoms with Crippen LogP contribution in [0.2, 0.25) is 0 Å². The maximum absolute atomic E-state index is 11.1. The van der Waals surface area contributed by atoms with E-state index in [1.54, 1.807) is 13.1 Å². The fourth-order valence-corrected chi connectivity index (χ4v) is 1.68. The lowest BCUT2D eigenvalue weighted by atomic mass is 10.0. The first-order valence-corrected chi connectivity index (χ1v) is 5.69. The lowest BCUT2D eigenvalue weighted by Crippen LogP contribution is -1.90. The molecule has 0 unspecified atom stereocenters. The zero-order chi connectivity index (χ0) is 11.5. The Balaban J connectivity index is 2.34. The Kier molecular flexibility index (Phi) is 3.15. The molecular weight excluding hydrogens is 266 g/mol. The first kappa shape index (κ1) is 11.0. The Morgan fingerprint density at radius 3 is 2.19 bits per heavy atom. The Labute approximate surface area is 102 Å². The predicted molar refractivity (Wildman–Crippen MR) is 67.4 cm³/mol. The number of Topliss-reactive ketones (excluding diaryl/α,β-unsaturated/α-hetero) is 1. The lowest BCUT2D eigenvalue weighted by Gasteiger charge is -2.02. The second kappa shape index (κ2) is 4.58. The Morgan fingerprint density at radius 2 is 1.69 bits per heavy atom. The normalized spacial score (nSPS) is 10.1. The quantitative estimate of drug-likeness (QED) is 0.618. The molecule has 0 aliphatic rings. The van der Waals surface area contributed by atoms with Crippen LogP contribution in [-0.2, 0) is 0 Å². The molecule has 0 fully saturated rings. The van der Waals surface area contributed by atoms with E-state index in [4.69, 9.17) is 0 Å². The van der Waals surface area contributed by atoms with E-state index in [-0.39, 0.29) is 5.78 Å². The highest BCUT2D eigenvalue weighted by atomic mass is 79.9. The fraction of sp³-hybridized carbons (Fsp3) is 0.0769. The number of halogens is 1. The molecule has 0 bridgehead atoms. The average Bonchev–Trinajstić information content (AvgIpc) is 2.30. The van der Waals surface area contributed by atoms with Crippen molar-refractivity contribution >= 4 is 21.7 Å². The summed E-state index contributed by atoms with van der Waals surface area (Å²) >= 11 is 3.29. The molecule has 2 nitrogen and oxygen atoms in total. The van der Waals surface area contributed by atoms with Gasteiger partial charge in [0, 0.05) is 17.3 Å². The van der Waals surface area contributed by atoms with Crippen LogP contribution >= 0.6 is 15.9 Å². The van der Waals surface area contributed by atoms with Gasteiger partial charge in [0.05, 0.1) is 0 Å². The Bertz CT molecular complexity index is 502. The molecule has 0 amide bonds. The van der Waals surface area contributed by atoms with Crippen LogP contribution in [0.25, 0.3) is 11.1 Å². The number of benzene rings is 1. The average molecular weight is 276 g/mol. The van der Waals surface area contributed by atoms with Crippen LogP contribution in [0.1, 0.15) is 17.3 Å². The van der Waals surface area contributed by atoms with Crippen LogP contribution in [0.5, 0.6) is 0 Å². The van der Waals surface area contributed by atoms with Gasteiger partial charge >= 0.3 is 0 Å². The summed E-state index contributed by atoms with van der Waals surface area (Å²) in [5, 5.41) is 0. The monoisotopic (exact) mass is 275 g/mol. The van der Waals surface area contributed by atoms with Crippen molar-refractivity contribution in [1.29, 1.82) is 0 Å². The van der Waals surface area contributed by atoms with Crippen LogP contribution in [-0.4, -0.2) is 10.8 Å². The van der Waals surface area contributed by atoms with Gasteiger partial charge in [-0.05, 0) is 34.5 Å². The van der Waals surface area contributed by atoms with Gasteiger partial charge in [-0.3, -0.25) is 4.79 Å². The highest BCUT2D eigenvalue weighted by Crippen LogP contribution is 2.20. The van der Waals surface area contributed by atoms with E-state index in [1.165, 1.54) is 0 Å². The summed E-state index contributed by atoms with van der Waals surface area (Å²) < 4.78 is 0.816. The minimum absolute atomic E-state index is 0.0838. The van der Waals surface area contributed by atoms with Crippen molar-refractivity contribution in [2.24, 2.45) is 0 Å². The smallest absolute Gasteiger partial charge is 0.159 e. The predicted octanol–water partition coefficient (Wildman–Crippen LogP) is 3.71. The van der Waals surface area contributed by atoms with Gasteiger partial charge in [0.15, 0.2) is 5.78 Å². The van der Waals surface area contributed by atoms with Crippen molar-refractivity contribution in [2.45, 2.75) is 6.92 Å². The lowest BCUT2D eigenvalue weighted by molar-refractivity contribution is 0.101. The molecular formula is C13H10BrNO. The summed E-state index contributed by atoms with van der Waals surface area (Å²) in [4.78, 5) is 15.3. The van der Waals surface area contributed by atoms with Gasteiger partial charge in [-0.2, -0.15) is 0 Å². The SMILES string of the molecule is CC(=O)c1ccc(-c2ccc(Br)nc2)cc1. The van der Waals surface area contributed by atoms with Gasteiger partial charge < -0.3 is 0 Å². The minimum Gasteiger partial charge on any atom is -0.295 e. The highest BCUT2D eigenvalue weighted by Gasteiger charge is 2.01. The van der Waals surface area contributed by atoms with Crippen molar-refractivity contribution in [3.05, 3.63) is 52.8 Å². The first-order valence-electron chi connectivity index (χ1n) is 4.90. The van der Waals surface area contributed by atoms with Crippen LogP contribution in [0, 0.1) is 0 Å². The number of pyridine rings is 1. The van der Waals surface area contributed by atoms with E-state index in [1.807, 2.05) is 36.4 Å². The molecule has 1 aromatic carbocycles. The van der Waals surface area contributed by atoms with Gasteiger partial charge in [0.25, 0.3) is 0 Å². The molecule has 80 valence electrons. The molecule has 0 spiro atoms. The van der Waals surface area contributed by atoms with E-state index >= 15 is 0 Å². The molecule has 0 radical (unpaired) electrons. The molecule has 16 heavy (non-hydrogen) atoms. The van der Waals surface area contributed by atoms with Crippen molar-refractivity contribution in [1.82, 2.24) is 4.98 Å². The Hall–Kier alpha value is -1.48. The number of rotatable bonds is 2. The number of ketones is 1. The van der Waals surface area contributed by atoms with Crippen LogP contribution in [0.15, 0.2) is 47.2 Å². The zero-order valence-electron chi connectivity index (χ0n) is 8.77. The third-order valence-electron chi connectivity index (χ3n) is 2.35. The molecule has 0 aliphatic heterocycles. The summed E-state index contributed by atoms with van der Waals surface area (Å²) in [6, 6.07) is 11.4. The van der Waals surface area contributed by atoms with Crippen LogP contribution in [0.3, 0.4) is 0 Å². The van der Waals surface area contributed by atoms with Crippen molar-refractivity contribution in [2.75, 3.05) is 0 Å². The Morgan fingerprint density at radius 1 is 1.06 bits per heavy atom. The zero-order valence-corrected chi connectivity index (χ0v) is 10.4. The minimum atomic E-state index is 0.0838. The van der Waals surface area contributed by atoms with Gasteiger partial charge in [-0.15, -0.1) is 0 Å². The molecule has 3 heteroatoms. The molecule has 1 heterocycles. The topological polar surface area (TPSA) is 30.0 Å². The van der Waals surface area contributed by atoms with Gasteiger partial charge in [0.2, 0.25) is 0 Å². The van der Waals surface area contributed by atoms with Gasteiger partial charge in [0.1, 0.15) is 4.60 Å². The summed E-state index contributed by atoms with van der Waals surface area (Å²) in [5.74, 6) is 0.0838. The van der Waals surface area contributed by atoms with E-state index in [0.717, 1.165) is 21.3 Å². The molecule has 0 saturated carbocycles. The van der Waals surface area contributed by atoms with Crippen LogP contribution < -0.4 is 0 Å². The maximum Gasteiger partial charge on any atom is 0.159 e. The number of carbonyl (C=O) groups excluding carboxylic acids is 1. The van der Waals surface area contributed by atoms with Crippen LogP contribution in [0.4, 0.5) is 0 Å². The molecule has 0 atom stereocenters. The van der Waals surface area contributed by atoms with E-state index < -0.39 is 0 Å². The van der Waals surface area contributed by atoms with E-state index in [0.29, 0.717) is 0 Å². The molecule has 0 saturated heterocycles. The molecule has 1 aromatic heterocycles. The number of aromatic nitrogens is 1. The summed E-state index contributed by atoms with van der Waals surface area (Å²) in [5.41, 5.74) is 2.83. The number of hydrogen-bond acceptors (Lipinski definition) is 2. The fourth-order valence-electron chi connectivity index (χ4n) is 1.44. The third-order valence-corrected chi connectivity index (χ3v) is 2.82. The molecule has 2 rings (SSSR count). The summed E-state index contributed by atoms with van der Waals surface area (Å²) in [7, 11) is 0. The first-order chi connectivity index (χ1) is 7.66. The highest BCUT2D eigenvalue weighted by molar-refractivity contribution is 9.10. The second-order valence-corrected chi connectivity index (χ2v) is 4.32. The third kappa shape index (κ3) is 2.36.